The van der Waals surface area contributed by atoms with Gasteiger partial charge in [-0.3, -0.25) is 4.39 Å². The van der Waals surface area contributed by atoms with E-state index in [1.807, 2.05) is 12.4 Å². The van der Waals surface area contributed by atoms with Crippen LogP contribution in [0.25, 0.3) is 0 Å². The van der Waals surface area contributed by atoms with E-state index in [4.69, 9.17) is 0 Å². The van der Waals surface area contributed by atoms with E-state index < -0.39 is 0 Å². The number of hydrogen-bond acceptors (Lipinski definition) is 2. The lowest BCUT2D eigenvalue weighted by atomic mass is 9.69. The number of aromatic nitrogens is 2. The standard InChI is InChI=1S/C21H33FN2/c1-2-3-17-14-23-21(24-15-17)20-10-8-19(9-11-20)18-6-4-16(5-7-18)12-13-22/h14-16,18-20H,2-13H2,1H3. The molecule has 0 unspecified atom stereocenters. The molecule has 0 amide bonds. The summed E-state index contributed by atoms with van der Waals surface area (Å²) in [6, 6.07) is 0. The van der Waals surface area contributed by atoms with Gasteiger partial charge in [0.15, 0.2) is 0 Å². The average molecular weight is 333 g/mol. The summed E-state index contributed by atoms with van der Waals surface area (Å²) in [5, 5.41) is 0. The maximum atomic E-state index is 12.5. The molecule has 2 fully saturated rings. The van der Waals surface area contributed by atoms with Crippen molar-refractivity contribution in [2.24, 2.45) is 17.8 Å². The second-order valence-electron chi connectivity index (χ2n) is 8.07. The Balaban J connectivity index is 1.45. The first-order valence-corrected chi connectivity index (χ1v) is 10.2. The van der Waals surface area contributed by atoms with Crippen LogP contribution in [0.4, 0.5) is 4.39 Å². The van der Waals surface area contributed by atoms with E-state index in [9.17, 15) is 4.39 Å². The molecule has 0 aromatic carbocycles. The second kappa shape index (κ2) is 8.92. The molecule has 0 spiro atoms. The van der Waals surface area contributed by atoms with Crippen LogP contribution in [0.15, 0.2) is 12.4 Å². The first-order chi connectivity index (χ1) is 11.8. The van der Waals surface area contributed by atoms with Gasteiger partial charge in [-0.1, -0.05) is 26.2 Å². The lowest BCUT2D eigenvalue weighted by molar-refractivity contribution is 0.152. The Labute approximate surface area is 146 Å². The van der Waals surface area contributed by atoms with Gasteiger partial charge in [-0.2, -0.15) is 0 Å². The maximum absolute atomic E-state index is 12.5. The number of nitrogens with zero attached hydrogens (tertiary/aromatic N) is 2. The van der Waals surface area contributed by atoms with Crippen molar-refractivity contribution in [3.63, 3.8) is 0 Å². The van der Waals surface area contributed by atoms with Gasteiger partial charge in [-0.15, -0.1) is 0 Å². The minimum atomic E-state index is -0.127. The van der Waals surface area contributed by atoms with E-state index >= 15 is 0 Å². The van der Waals surface area contributed by atoms with Crippen LogP contribution in [0.3, 0.4) is 0 Å². The van der Waals surface area contributed by atoms with Crippen LogP contribution in [0, 0.1) is 17.8 Å². The quantitative estimate of drug-likeness (QED) is 0.651. The summed E-state index contributed by atoms with van der Waals surface area (Å²) in [5.74, 6) is 4.10. The van der Waals surface area contributed by atoms with E-state index in [1.54, 1.807) is 0 Å². The third-order valence-corrected chi connectivity index (χ3v) is 6.48. The molecule has 2 nitrogen and oxygen atoms in total. The molecule has 3 rings (SSSR count). The minimum absolute atomic E-state index is 0.127. The van der Waals surface area contributed by atoms with Crippen LogP contribution in [-0.4, -0.2) is 16.6 Å². The fourth-order valence-electron chi connectivity index (χ4n) is 4.94. The van der Waals surface area contributed by atoms with Gasteiger partial charge >= 0.3 is 0 Å². The fourth-order valence-corrected chi connectivity index (χ4v) is 4.94. The topological polar surface area (TPSA) is 25.8 Å². The lowest BCUT2D eigenvalue weighted by Crippen LogP contribution is -2.26. The Bertz CT molecular complexity index is 471. The lowest BCUT2D eigenvalue weighted by Gasteiger charge is -2.37. The zero-order chi connectivity index (χ0) is 16.8. The van der Waals surface area contributed by atoms with Crippen molar-refractivity contribution in [3.05, 3.63) is 23.8 Å². The highest BCUT2D eigenvalue weighted by Crippen LogP contribution is 2.43. The Kier molecular flexibility index (Phi) is 6.62. The summed E-state index contributed by atoms with van der Waals surface area (Å²) in [7, 11) is 0. The molecule has 134 valence electrons. The van der Waals surface area contributed by atoms with Gasteiger partial charge in [-0.25, -0.2) is 9.97 Å². The Morgan fingerprint density at radius 2 is 1.50 bits per heavy atom. The number of hydrogen-bond donors (Lipinski definition) is 0. The summed E-state index contributed by atoms with van der Waals surface area (Å²) in [6.07, 6.45) is 17.5. The first-order valence-electron chi connectivity index (χ1n) is 10.2. The van der Waals surface area contributed by atoms with Crippen molar-refractivity contribution >= 4 is 0 Å². The zero-order valence-corrected chi connectivity index (χ0v) is 15.2. The van der Waals surface area contributed by atoms with Crippen molar-refractivity contribution in [2.75, 3.05) is 6.67 Å². The molecule has 2 saturated carbocycles. The van der Waals surface area contributed by atoms with Crippen molar-refractivity contribution < 1.29 is 4.39 Å². The summed E-state index contributed by atoms with van der Waals surface area (Å²) in [6.45, 7) is 2.07. The molecule has 2 aliphatic rings. The van der Waals surface area contributed by atoms with E-state index in [0.717, 1.165) is 36.9 Å². The molecule has 1 aromatic heterocycles. The van der Waals surface area contributed by atoms with E-state index in [0.29, 0.717) is 11.8 Å². The molecule has 0 bridgehead atoms. The predicted octanol–water partition coefficient (Wildman–Crippen LogP) is 5.87. The highest BCUT2D eigenvalue weighted by atomic mass is 19.1. The summed E-state index contributed by atoms with van der Waals surface area (Å²) in [4.78, 5) is 9.28. The Hall–Kier alpha value is -0.990. The van der Waals surface area contributed by atoms with Gasteiger partial charge in [0.1, 0.15) is 5.82 Å². The molecule has 0 radical (unpaired) electrons. The van der Waals surface area contributed by atoms with Crippen molar-refractivity contribution in [2.45, 2.75) is 83.5 Å². The average Bonchev–Trinajstić information content (AvgIpc) is 2.64. The van der Waals surface area contributed by atoms with Crippen LogP contribution in [0.5, 0.6) is 0 Å². The van der Waals surface area contributed by atoms with E-state index in [1.165, 1.54) is 56.9 Å². The molecule has 0 saturated heterocycles. The largest absolute Gasteiger partial charge is 0.251 e. The summed E-state index contributed by atoms with van der Waals surface area (Å²) < 4.78 is 12.5. The van der Waals surface area contributed by atoms with Crippen molar-refractivity contribution in [3.8, 4) is 0 Å². The minimum Gasteiger partial charge on any atom is -0.251 e. The molecular weight excluding hydrogens is 299 g/mol. The van der Waals surface area contributed by atoms with Crippen LogP contribution in [0.2, 0.25) is 0 Å². The third kappa shape index (κ3) is 4.55. The smallest absolute Gasteiger partial charge is 0.131 e. The Morgan fingerprint density at radius 1 is 0.917 bits per heavy atom. The zero-order valence-electron chi connectivity index (χ0n) is 15.2. The number of rotatable bonds is 6. The van der Waals surface area contributed by atoms with Crippen LogP contribution in [-0.2, 0) is 6.42 Å². The van der Waals surface area contributed by atoms with E-state index in [2.05, 4.69) is 16.9 Å². The van der Waals surface area contributed by atoms with Crippen LogP contribution >= 0.6 is 0 Å². The molecule has 24 heavy (non-hydrogen) atoms. The second-order valence-corrected chi connectivity index (χ2v) is 8.07. The van der Waals surface area contributed by atoms with Gasteiger partial charge in [0, 0.05) is 18.3 Å². The molecule has 0 atom stereocenters. The van der Waals surface area contributed by atoms with Crippen molar-refractivity contribution in [1.29, 1.82) is 0 Å². The van der Waals surface area contributed by atoms with Gasteiger partial charge in [0.2, 0.25) is 0 Å². The first kappa shape index (κ1) is 17.8. The van der Waals surface area contributed by atoms with Crippen molar-refractivity contribution in [1.82, 2.24) is 9.97 Å². The number of aryl methyl sites for hydroxylation is 1. The summed E-state index contributed by atoms with van der Waals surface area (Å²) >= 11 is 0. The SMILES string of the molecule is CCCc1cnc(C2CCC(C3CCC(CCF)CC3)CC2)nc1. The number of halogens is 1. The highest BCUT2D eigenvalue weighted by molar-refractivity contribution is 5.08. The third-order valence-electron chi connectivity index (χ3n) is 6.48. The van der Waals surface area contributed by atoms with Crippen LogP contribution in [0.1, 0.15) is 88.4 Å². The Morgan fingerprint density at radius 3 is 2.04 bits per heavy atom. The van der Waals surface area contributed by atoms with E-state index in [-0.39, 0.29) is 6.67 Å². The summed E-state index contributed by atoms with van der Waals surface area (Å²) in [5.41, 5.74) is 1.26. The number of alkyl halides is 1. The highest BCUT2D eigenvalue weighted by Gasteiger charge is 2.31. The molecule has 1 heterocycles. The van der Waals surface area contributed by atoms with Gasteiger partial charge in [0.05, 0.1) is 6.67 Å². The molecule has 3 heteroatoms. The molecule has 1 aromatic rings. The van der Waals surface area contributed by atoms with Gasteiger partial charge < -0.3 is 0 Å². The van der Waals surface area contributed by atoms with Gasteiger partial charge in [0.25, 0.3) is 0 Å². The van der Waals surface area contributed by atoms with Gasteiger partial charge in [-0.05, 0) is 74.7 Å². The normalized spacial score (nSPS) is 31.1. The predicted molar refractivity (Wildman–Crippen MR) is 96.8 cm³/mol. The molecule has 0 N–H and O–H groups in total. The monoisotopic (exact) mass is 332 g/mol. The van der Waals surface area contributed by atoms with Crippen LogP contribution < -0.4 is 0 Å². The fraction of sp³-hybridized carbons (Fsp3) is 0.810. The molecular formula is C21H33FN2. The molecule has 0 aliphatic heterocycles. The molecule has 2 aliphatic carbocycles. The maximum Gasteiger partial charge on any atom is 0.131 e.